The molecule has 1 atom stereocenters. The van der Waals surface area contributed by atoms with E-state index in [4.69, 9.17) is 4.84 Å². The average Bonchev–Trinajstić information content (AvgIpc) is 3.02. The highest BCUT2D eigenvalue weighted by atomic mass is 16.7. The van der Waals surface area contributed by atoms with Gasteiger partial charge in [0.25, 0.3) is 11.8 Å². The zero-order valence-corrected chi connectivity index (χ0v) is 16.0. The molecule has 0 spiro atoms. The monoisotopic (exact) mass is 401 g/mol. The number of carbonyl (C=O) groups is 3. The van der Waals surface area contributed by atoms with E-state index in [1.54, 1.807) is 12.1 Å². The minimum atomic E-state index is -1.47. The summed E-state index contributed by atoms with van der Waals surface area (Å²) in [5.74, 6) is -2.54. The van der Waals surface area contributed by atoms with Crippen LogP contribution in [0.4, 0.5) is 0 Å². The van der Waals surface area contributed by atoms with Crippen LogP contribution >= 0.6 is 0 Å². The smallest absolute Gasteiger partial charge is 0.363 e. The third-order valence-corrected chi connectivity index (χ3v) is 5.00. The van der Waals surface area contributed by atoms with Gasteiger partial charge in [-0.15, -0.1) is 0 Å². The lowest BCUT2D eigenvalue weighted by Crippen LogP contribution is -2.34. The lowest BCUT2D eigenvalue weighted by Gasteiger charge is -2.19. The molecular weight excluding hydrogens is 382 g/mol. The van der Waals surface area contributed by atoms with E-state index in [0.29, 0.717) is 5.06 Å². The molecule has 6 heteroatoms. The Morgan fingerprint density at radius 3 is 1.80 bits per heavy atom. The van der Waals surface area contributed by atoms with Gasteiger partial charge in [0.2, 0.25) is 0 Å². The second-order valence-corrected chi connectivity index (χ2v) is 7.00. The standard InChI is InChI=1S/C24H19NO5/c26-20-15-21(27)25(23(20)28)30-24(29)19-13-11-18(12-14-19)22(16-7-3-1-4-8-16)17-9-5-2-6-10-17/h1-14,20,22,26H,15H2. The van der Waals surface area contributed by atoms with E-state index >= 15 is 0 Å². The van der Waals surface area contributed by atoms with Crippen LogP contribution in [0, 0.1) is 0 Å². The summed E-state index contributed by atoms with van der Waals surface area (Å²) >= 11 is 0. The Kier molecular flexibility index (Phi) is 5.41. The van der Waals surface area contributed by atoms with E-state index in [2.05, 4.69) is 24.3 Å². The molecule has 3 aromatic carbocycles. The third kappa shape index (κ3) is 3.86. The lowest BCUT2D eigenvalue weighted by molar-refractivity contribution is -0.175. The normalized spacial score (nSPS) is 16.2. The number of benzene rings is 3. The maximum Gasteiger partial charge on any atom is 0.363 e. The topological polar surface area (TPSA) is 83.9 Å². The van der Waals surface area contributed by atoms with Crippen molar-refractivity contribution in [3.8, 4) is 0 Å². The van der Waals surface area contributed by atoms with Crippen molar-refractivity contribution in [3.05, 3.63) is 107 Å². The summed E-state index contributed by atoms with van der Waals surface area (Å²) in [6.07, 6.45) is -1.86. The summed E-state index contributed by atoms with van der Waals surface area (Å²) in [5, 5.41) is 9.76. The van der Waals surface area contributed by atoms with E-state index < -0.39 is 23.9 Å². The van der Waals surface area contributed by atoms with Crippen molar-refractivity contribution in [1.82, 2.24) is 5.06 Å². The molecule has 1 unspecified atom stereocenters. The quantitative estimate of drug-likeness (QED) is 0.525. The highest BCUT2D eigenvalue weighted by Gasteiger charge is 2.40. The summed E-state index contributed by atoms with van der Waals surface area (Å²) in [4.78, 5) is 40.7. The highest BCUT2D eigenvalue weighted by Crippen LogP contribution is 2.32. The first-order chi connectivity index (χ1) is 14.5. The number of rotatable bonds is 5. The number of hydrogen-bond acceptors (Lipinski definition) is 5. The summed E-state index contributed by atoms with van der Waals surface area (Å²) in [6, 6.07) is 26.9. The molecule has 150 valence electrons. The molecule has 0 aromatic heterocycles. The van der Waals surface area contributed by atoms with E-state index in [1.807, 2.05) is 48.5 Å². The Bertz CT molecular complexity index is 1020. The van der Waals surface area contributed by atoms with Gasteiger partial charge in [-0.05, 0) is 28.8 Å². The molecule has 4 rings (SSSR count). The molecule has 3 aromatic rings. The Balaban J connectivity index is 1.59. The van der Waals surface area contributed by atoms with Crippen LogP contribution in [0.5, 0.6) is 0 Å². The van der Waals surface area contributed by atoms with E-state index in [1.165, 1.54) is 0 Å². The predicted molar refractivity (Wildman–Crippen MR) is 108 cm³/mol. The predicted octanol–water partition coefficient (Wildman–Crippen LogP) is 3.06. The van der Waals surface area contributed by atoms with Gasteiger partial charge in [-0.3, -0.25) is 9.59 Å². The van der Waals surface area contributed by atoms with Crippen molar-refractivity contribution >= 4 is 17.8 Å². The van der Waals surface area contributed by atoms with Gasteiger partial charge < -0.3 is 9.94 Å². The van der Waals surface area contributed by atoms with Crippen LogP contribution < -0.4 is 0 Å². The number of amides is 2. The zero-order valence-electron chi connectivity index (χ0n) is 16.0. The summed E-state index contributed by atoms with van der Waals surface area (Å²) < 4.78 is 0. The molecule has 6 nitrogen and oxygen atoms in total. The number of imide groups is 1. The van der Waals surface area contributed by atoms with Crippen LogP contribution in [-0.4, -0.2) is 34.1 Å². The average molecular weight is 401 g/mol. The van der Waals surface area contributed by atoms with Crippen molar-refractivity contribution in [1.29, 1.82) is 0 Å². The lowest BCUT2D eigenvalue weighted by atomic mass is 9.85. The number of hydroxylamine groups is 2. The van der Waals surface area contributed by atoms with E-state index in [9.17, 15) is 19.5 Å². The highest BCUT2D eigenvalue weighted by molar-refractivity contribution is 6.05. The fourth-order valence-corrected chi connectivity index (χ4v) is 3.51. The van der Waals surface area contributed by atoms with Gasteiger partial charge in [0.05, 0.1) is 12.0 Å². The van der Waals surface area contributed by atoms with Gasteiger partial charge in [0, 0.05) is 5.92 Å². The van der Waals surface area contributed by atoms with Crippen molar-refractivity contribution in [3.63, 3.8) is 0 Å². The first-order valence-electron chi connectivity index (χ1n) is 9.51. The number of carbonyl (C=O) groups excluding carboxylic acids is 3. The van der Waals surface area contributed by atoms with Gasteiger partial charge in [-0.25, -0.2) is 4.79 Å². The summed E-state index contributed by atoms with van der Waals surface area (Å²) in [5.41, 5.74) is 3.40. The molecule has 1 fully saturated rings. The summed E-state index contributed by atoms with van der Waals surface area (Å²) in [7, 11) is 0. The zero-order chi connectivity index (χ0) is 21.1. The van der Waals surface area contributed by atoms with Crippen molar-refractivity contribution in [2.75, 3.05) is 0 Å². The van der Waals surface area contributed by atoms with Crippen LogP contribution in [0.1, 0.15) is 39.4 Å². The van der Waals surface area contributed by atoms with Crippen LogP contribution in [0.3, 0.4) is 0 Å². The van der Waals surface area contributed by atoms with Crippen LogP contribution in [-0.2, 0) is 14.4 Å². The second kappa shape index (κ2) is 8.31. The molecule has 1 heterocycles. The third-order valence-electron chi connectivity index (χ3n) is 5.00. The maximum atomic E-state index is 12.4. The van der Waals surface area contributed by atoms with Crippen LogP contribution in [0.15, 0.2) is 84.9 Å². The molecule has 1 saturated heterocycles. The van der Waals surface area contributed by atoms with Gasteiger partial charge in [-0.2, -0.15) is 0 Å². The number of aliphatic hydroxyl groups excluding tert-OH is 1. The van der Waals surface area contributed by atoms with Crippen molar-refractivity contribution in [2.45, 2.75) is 18.4 Å². The molecule has 1 aliphatic heterocycles. The number of hydrogen-bond donors (Lipinski definition) is 1. The van der Waals surface area contributed by atoms with E-state index in [-0.39, 0.29) is 17.9 Å². The van der Waals surface area contributed by atoms with Crippen LogP contribution in [0.2, 0.25) is 0 Å². The molecule has 30 heavy (non-hydrogen) atoms. The van der Waals surface area contributed by atoms with E-state index in [0.717, 1.165) is 16.7 Å². The molecule has 0 bridgehead atoms. The first kappa shape index (κ1) is 19.5. The minimum absolute atomic E-state index is 0.0191. The molecule has 0 saturated carbocycles. The van der Waals surface area contributed by atoms with Gasteiger partial charge >= 0.3 is 5.97 Å². The Hall–Kier alpha value is -3.77. The van der Waals surface area contributed by atoms with Gasteiger partial charge in [-0.1, -0.05) is 77.9 Å². The molecule has 1 aliphatic rings. The fourth-order valence-electron chi connectivity index (χ4n) is 3.51. The van der Waals surface area contributed by atoms with Crippen molar-refractivity contribution < 1.29 is 24.3 Å². The number of nitrogens with zero attached hydrogens (tertiary/aromatic N) is 1. The maximum absolute atomic E-state index is 12.4. The molecule has 1 N–H and O–H groups in total. The fraction of sp³-hybridized carbons (Fsp3) is 0.125. The Labute approximate surface area is 173 Å². The molecule has 2 amide bonds. The Morgan fingerprint density at radius 2 is 1.33 bits per heavy atom. The molecule has 0 radical (unpaired) electrons. The number of aliphatic hydroxyl groups is 1. The molecular formula is C24H19NO5. The summed E-state index contributed by atoms with van der Waals surface area (Å²) in [6.45, 7) is 0. The molecule has 0 aliphatic carbocycles. The Morgan fingerprint density at radius 1 is 0.833 bits per heavy atom. The largest absolute Gasteiger partial charge is 0.383 e. The van der Waals surface area contributed by atoms with Gasteiger partial charge in [0.1, 0.15) is 6.10 Å². The first-order valence-corrected chi connectivity index (χ1v) is 9.51. The van der Waals surface area contributed by atoms with Crippen molar-refractivity contribution in [2.24, 2.45) is 0 Å². The SMILES string of the molecule is O=C(ON1C(=O)CC(O)C1=O)c1ccc(C(c2ccccc2)c2ccccc2)cc1. The second-order valence-electron chi connectivity index (χ2n) is 7.00. The minimum Gasteiger partial charge on any atom is -0.383 e. The van der Waals surface area contributed by atoms with Crippen LogP contribution in [0.25, 0.3) is 0 Å². The van der Waals surface area contributed by atoms with Gasteiger partial charge in [0.15, 0.2) is 0 Å².